The Bertz CT molecular complexity index is 1040. The Morgan fingerprint density at radius 2 is 1.24 bits per heavy atom. The molecule has 4 rings (SSSR count). The minimum absolute atomic E-state index is 0.711. The van der Waals surface area contributed by atoms with E-state index in [-0.39, 0.29) is 0 Å². The summed E-state index contributed by atoms with van der Waals surface area (Å²) in [6.07, 6.45) is 0. The van der Waals surface area contributed by atoms with E-state index < -0.39 is 8.80 Å². The molecule has 0 saturated carbocycles. The van der Waals surface area contributed by atoms with E-state index in [4.69, 9.17) is 5.26 Å². The lowest BCUT2D eigenvalue weighted by molar-refractivity contribution is 1.49. The molecule has 0 aromatic heterocycles. The lowest BCUT2D eigenvalue weighted by Gasteiger charge is -2.19. The maximum atomic E-state index is 9.10. The van der Waals surface area contributed by atoms with Gasteiger partial charge >= 0.3 is 0 Å². The number of nitriles is 1. The molecule has 0 fully saturated rings. The summed E-state index contributed by atoms with van der Waals surface area (Å²) >= 11 is 0. The van der Waals surface area contributed by atoms with Gasteiger partial charge in [-0.2, -0.15) is 5.26 Å². The molecule has 0 amide bonds. The molecule has 25 heavy (non-hydrogen) atoms. The fourth-order valence-corrected chi connectivity index (χ4v) is 6.61. The molecule has 0 aliphatic carbocycles. The highest BCUT2D eigenvalue weighted by molar-refractivity contribution is 6.96. The first-order valence-corrected chi connectivity index (χ1v) is 10.1. The van der Waals surface area contributed by atoms with Gasteiger partial charge in [0.2, 0.25) is 0 Å². The van der Waals surface area contributed by atoms with Gasteiger partial charge in [0.25, 0.3) is 0 Å². The lowest BCUT2D eigenvalue weighted by Crippen LogP contribution is -2.52. The average Bonchev–Trinajstić information content (AvgIpc) is 2.70. The Kier molecular flexibility index (Phi) is 4.16. The number of hydrogen-bond acceptors (Lipinski definition) is 1. The molecule has 0 aliphatic heterocycles. The second kappa shape index (κ2) is 6.76. The summed E-state index contributed by atoms with van der Waals surface area (Å²) < 4.78 is 0. The van der Waals surface area contributed by atoms with Crippen molar-refractivity contribution in [1.29, 1.82) is 5.26 Å². The third-order valence-corrected chi connectivity index (χ3v) is 7.87. The van der Waals surface area contributed by atoms with Crippen LogP contribution in [0.25, 0.3) is 10.8 Å². The molecule has 4 aromatic carbocycles. The van der Waals surface area contributed by atoms with Crippen molar-refractivity contribution >= 4 is 35.1 Å². The van der Waals surface area contributed by atoms with Crippen LogP contribution in [0.15, 0.2) is 97.1 Å². The third-order valence-electron chi connectivity index (χ3n) is 4.64. The summed E-state index contributed by atoms with van der Waals surface area (Å²) in [4.78, 5) is 0. The van der Waals surface area contributed by atoms with Crippen LogP contribution < -0.4 is 15.6 Å². The molecule has 1 unspecified atom stereocenters. The van der Waals surface area contributed by atoms with Gasteiger partial charge in [-0.3, -0.25) is 0 Å². The zero-order valence-corrected chi connectivity index (χ0v) is 14.9. The molecule has 2 heteroatoms. The smallest absolute Gasteiger partial charge is 0.133 e. The van der Waals surface area contributed by atoms with E-state index >= 15 is 0 Å². The highest BCUT2D eigenvalue weighted by Gasteiger charge is 2.20. The molecule has 0 saturated heterocycles. The van der Waals surface area contributed by atoms with E-state index in [1.165, 1.54) is 26.3 Å². The number of rotatable bonds is 3. The SMILES string of the molecule is N#Cc1ccc([SiH](c2ccccc2)c2cccc3ccccc23)cc1. The van der Waals surface area contributed by atoms with Crippen molar-refractivity contribution < 1.29 is 0 Å². The minimum atomic E-state index is -1.60. The van der Waals surface area contributed by atoms with E-state index in [2.05, 4.69) is 91.0 Å². The monoisotopic (exact) mass is 335 g/mol. The Hall–Kier alpha value is -3.15. The minimum Gasteiger partial charge on any atom is -0.192 e. The first-order valence-electron chi connectivity index (χ1n) is 8.39. The van der Waals surface area contributed by atoms with Crippen LogP contribution in [0.2, 0.25) is 0 Å². The Morgan fingerprint density at radius 3 is 2.00 bits per heavy atom. The van der Waals surface area contributed by atoms with Gasteiger partial charge in [-0.25, -0.2) is 0 Å². The second-order valence-corrected chi connectivity index (χ2v) is 8.97. The van der Waals surface area contributed by atoms with Crippen molar-refractivity contribution in [3.63, 3.8) is 0 Å². The van der Waals surface area contributed by atoms with Gasteiger partial charge < -0.3 is 0 Å². The van der Waals surface area contributed by atoms with Crippen LogP contribution in [0.1, 0.15) is 5.56 Å². The summed E-state index contributed by atoms with van der Waals surface area (Å²) in [5.41, 5.74) is 0.711. The van der Waals surface area contributed by atoms with Gasteiger partial charge in [0, 0.05) is 0 Å². The fourth-order valence-electron chi connectivity index (χ4n) is 3.45. The van der Waals surface area contributed by atoms with Gasteiger partial charge in [0.1, 0.15) is 8.80 Å². The van der Waals surface area contributed by atoms with Crippen LogP contribution >= 0.6 is 0 Å². The lowest BCUT2D eigenvalue weighted by atomic mass is 10.1. The summed E-state index contributed by atoms with van der Waals surface area (Å²) in [5, 5.41) is 15.9. The highest BCUT2D eigenvalue weighted by Crippen LogP contribution is 2.12. The largest absolute Gasteiger partial charge is 0.192 e. The molecule has 0 bridgehead atoms. The van der Waals surface area contributed by atoms with E-state index in [1.807, 2.05) is 12.1 Å². The molecule has 0 heterocycles. The first kappa shape index (κ1) is 15.4. The number of fused-ring (bicyclic) bond motifs is 1. The molecular weight excluding hydrogens is 318 g/mol. The van der Waals surface area contributed by atoms with Crippen LogP contribution in [0.4, 0.5) is 0 Å². The van der Waals surface area contributed by atoms with E-state index in [1.54, 1.807) is 0 Å². The van der Waals surface area contributed by atoms with Crippen molar-refractivity contribution in [3.05, 3.63) is 103 Å². The van der Waals surface area contributed by atoms with Gasteiger partial charge in [-0.15, -0.1) is 0 Å². The number of nitrogens with zero attached hydrogens (tertiary/aromatic N) is 1. The predicted octanol–water partition coefficient (Wildman–Crippen LogP) is 2.96. The molecule has 1 nitrogen and oxygen atoms in total. The van der Waals surface area contributed by atoms with Crippen LogP contribution in [0.3, 0.4) is 0 Å². The third kappa shape index (κ3) is 2.98. The zero-order chi connectivity index (χ0) is 17.1. The molecule has 0 spiro atoms. The van der Waals surface area contributed by atoms with Gasteiger partial charge in [-0.1, -0.05) is 95.3 Å². The van der Waals surface area contributed by atoms with Crippen molar-refractivity contribution in [2.75, 3.05) is 0 Å². The standard InChI is InChI=1S/C23H17NSi/c24-17-18-13-15-21(16-14-18)25(20-9-2-1-3-10-20)23-12-6-8-19-7-4-5-11-22(19)23/h1-16,25H. The number of hydrogen-bond donors (Lipinski definition) is 0. The van der Waals surface area contributed by atoms with E-state index in [0.717, 1.165) is 0 Å². The summed E-state index contributed by atoms with van der Waals surface area (Å²) in [6, 6.07) is 36.3. The molecular formula is C23H17NSi. The highest BCUT2D eigenvalue weighted by atomic mass is 28.3. The quantitative estimate of drug-likeness (QED) is 0.417. The molecule has 0 N–H and O–H groups in total. The summed E-state index contributed by atoms with van der Waals surface area (Å²) in [6.45, 7) is 0. The first-order chi connectivity index (χ1) is 12.4. The van der Waals surface area contributed by atoms with Crippen molar-refractivity contribution in [3.8, 4) is 6.07 Å². The predicted molar refractivity (Wildman–Crippen MR) is 108 cm³/mol. The topological polar surface area (TPSA) is 23.8 Å². The van der Waals surface area contributed by atoms with Crippen LogP contribution in [-0.2, 0) is 0 Å². The van der Waals surface area contributed by atoms with Gasteiger partial charge in [0.05, 0.1) is 11.6 Å². The Balaban J connectivity index is 1.95. The summed E-state index contributed by atoms with van der Waals surface area (Å²) in [5.74, 6) is 0. The van der Waals surface area contributed by atoms with Crippen molar-refractivity contribution in [1.82, 2.24) is 0 Å². The Labute approximate surface area is 149 Å². The second-order valence-electron chi connectivity index (χ2n) is 6.15. The maximum absolute atomic E-state index is 9.10. The summed E-state index contributed by atoms with van der Waals surface area (Å²) in [7, 11) is -1.60. The molecule has 1 atom stereocenters. The Morgan fingerprint density at radius 1 is 0.600 bits per heavy atom. The van der Waals surface area contributed by atoms with E-state index in [0.29, 0.717) is 5.56 Å². The van der Waals surface area contributed by atoms with Gasteiger partial charge in [-0.05, 0) is 28.1 Å². The maximum Gasteiger partial charge on any atom is 0.133 e. The normalized spacial score (nSPS) is 11.8. The van der Waals surface area contributed by atoms with Crippen LogP contribution in [0, 0.1) is 11.3 Å². The molecule has 0 aliphatic rings. The van der Waals surface area contributed by atoms with Crippen LogP contribution in [-0.4, -0.2) is 8.80 Å². The van der Waals surface area contributed by atoms with Gasteiger partial charge in [0.15, 0.2) is 0 Å². The van der Waals surface area contributed by atoms with E-state index in [9.17, 15) is 0 Å². The average molecular weight is 335 g/mol. The fraction of sp³-hybridized carbons (Fsp3) is 0. The number of benzene rings is 4. The molecule has 0 radical (unpaired) electrons. The van der Waals surface area contributed by atoms with Crippen LogP contribution in [0.5, 0.6) is 0 Å². The molecule has 4 aromatic rings. The van der Waals surface area contributed by atoms with Crippen molar-refractivity contribution in [2.45, 2.75) is 0 Å². The molecule has 118 valence electrons. The zero-order valence-electron chi connectivity index (χ0n) is 13.8. The van der Waals surface area contributed by atoms with Crippen molar-refractivity contribution in [2.24, 2.45) is 0 Å².